The first-order valence-corrected chi connectivity index (χ1v) is 7.49. The van der Waals surface area contributed by atoms with Crippen LogP contribution in [0.2, 0.25) is 0 Å². The third-order valence-corrected chi connectivity index (χ3v) is 3.43. The molecule has 0 unspecified atom stereocenters. The van der Waals surface area contributed by atoms with Crippen molar-refractivity contribution in [2.75, 3.05) is 5.32 Å². The van der Waals surface area contributed by atoms with Crippen molar-refractivity contribution >= 4 is 11.7 Å². The molecule has 2 aromatic heterocycles. The molecule has 7 heteroatoms. The van der Waals surface area contributed by atoms with Crippen LogP contribution in [0.4, 0.5) is 5.82 Å². The van der Waals surface area contributed by atoms with E-state index in [1.807, 2.05) is 26.0 Å². The van der Waals surface area contributed by atoms with Crippen LogP contribution in [0.5, 0.6) is 5.75 Å². The summed E-state index contributed by atoms with van der Waals surface area (Å²) in [5.41, 5.74) is 2.52. The number of ether oxygens (including phenoxy) is 1. The summed E-state index contributed by atoms with van der Waals surface area (Å²) < 4.78 is 12.2. The Balaban J connectivity index is 1.61. The fourth-order valence-electron chi connectivity index (χ4n) is 2.26. The topological polar surface area (TPSA) is 82.2 Å². The fraction of sp³-hybridized carbons (Fsp3) is 0.235. The van der Waals surface area contributed by atoms with Crippen LogP contribution >= 0.6 is 0 Å². The van der Waals surface area contributed by atoms with E-state index in [-0.39, 0.29) is 18.3 Å². The van der Waals surface area contributed by atoms with Crippen molar-refractivity contribution in [2.24, 2.45) is 0 Å². The van der Waals surface area contributed by atoms with E-state index in [1.54, 1.807) is 29.9 Å². The zero-order valence-electron chi connectivity index (χ0n) is 13.7. The second-order valence-electron chi connectivity index (χ2n) is 5.56. The molecular formula is C17H18N4O3. The number of aryl methyl sites for hydroxylation is 3. The van der Waals surface area contributed by atoms with Crippen molar-refractivity contribution in [3.05, 3.63) is 59.1 Å². The zero-order chi connectivity index (χ0) is 17.1. The van der Waals surface area contributed by atoms with E-state index in [2.05, 4.69) is 21.6 Å². The van der Waals surface area contributed by atoms with Gasteiger partial charge in [-0.2, -0.15) is 5.10 Å². The number of amides is 1. The van der Waals surface area contributed by atoms with Crippen LogP contribution in [0.25, 0.3) is 0 Å². The molecule has 1 amide bonds. The highest BCUT2D eigenvalue weighted by molar-refractivity contribution is 6.02. The molecule has 0 aliphatic rings. The molecule has 1 N–H and O–H groups in total. The van der Waals surface area contributed by atoms with E-state index in [1.165, 1.54) is 5.56 Å². The number of benzene rings is 1. The maximum atomic E-state index is 12.1. The number of carbonyl (C=O) groups excluding carboxylic acids is 1. The molecule has 0 radical (unpaired) electrons. The molecule has 124 valence electrons. The number of hydrogen-bond acceptors (Lipinski definition) is 5. The molecular weight excluding hydrogens is 308 g/mol. The van der Waals surface area contributed by atoms with E-state index in [0.29, 0.717) is 11.6 Å². The van der Waals surface area contributed by atoms with Crippen LogP contribution in [-0.2, 0) is 6.73 Å². The molecule has 0 fully saturated rings. The summed E-state index contributed by atoms with van der Waals surface area (Å²) in [5.74, 6) is 1.42. The molecule has 7 nitrogen and oxygen atoms in total. The Kier molecular flexibility index (Phi) is 4.33. The Bertz CT molecular complexity index is 866. The van der Waals surface area contributed by atoms with Crippen LogP contribution in [0, 0.1) is 20.8 Å². The third kappa shape index (κ3) is 3.62. The minimum atomic E-state index is -0.353. The maximum absolute atomic E-state index is 12.1. The number of carbonyl (C=O) groups is 1. The molecule has 0 saturated carbocycles. The van der Waals surface area contributed by atoms with Crippen molar-refractivity contribution in [3.8, 4) is 5.75 Å². The highest BCUT2D eigenvalue weighted by Crippen LogP contribution is 2.19. The normalized spacial score (nSPS) is 10.6. The lowest BCUT2D eigenvalue weighted by Gasteiger charge is -2.09. The van der Waals surface area contributed by atoms with Crippen LogP contribution in [0.15, 0.2) is 41.1 Å². The molecule has 24 heavy (non-hydrogen) atoms. The number of nitrogens with zero attached hydrogens (tertiary/aromatic N) is 3. The molecule has 2 heterocycles. The summed E-state index contributed by atoms with van der Waals surface area (Å²) >= 11 is 0. The van der Waals surface area contributed by atoms with Gasteiger partial charge in [-0.25, -0.2) is 4.68 Å². The van der Waals surface area contributed by atoms with Gasteiger partial charge in [-0.05, 0) is 38.5 Å². The fourth-order valence-corrected chi connectivity index (χ4v) is 2.26. The Morgan fingerprint density at radius 1 is 1.25 bits per heavy atom. The van der Waals surface area contributed by atoms with E-state index in [4.69, 9.17) is 9.26 Å². The van der Waals surface area contributed by atoms with E-state index in [0.717, 1.165) is 11.3 Å². The van der Waals surface area contributed by atoms with Gasteiger partial charge in [-0.15, -0.1) is 0 Å². The molecule has 0 spiro atoms. The monoisotopic (exact) mass is 326 g/mol. The van der Waals surface area contributed by atoms with Gasteiger partial charge in [0.2, 0.25) is 0 Å². The smallest absolute Gasteiger partial charge is 0.277 e. The van der Waals surface area contributed by atoms with Gasteiger partial charge < -0.3 is 14.6 Å². The van der Waals surface area contributed by atoms with Crippen molar-refractivity contribution in [2.45, 2.75) is 27.5 Å². The SMILES string of the molecule is Cc1ccc(OCn2ccc(C(=O)Nc3cc(C)on3)n2)c(C)c1. The van der Waals surface area contributed by atoms with E-state index < -0.39 is 0 Å². The van der Waals surface area contributed by atoms with Crippen molar-refractivity contribution in [3.63, 3.8) is 0 Å². The molecule has 3 rings (SSSR count). The maximum Gasteiger partial charge on any atom is 0.277 e. The summed E-state index contributed by atoms with van der Waals surface area (Å²) in [4.78, 5) is 12.1. The summed E-state index contributed by atoms with van der Waals surface area (Å²) in [6.07, 6.45) is 1.69. The number of anilines is 1. The third-order valence-electron chi connectivity index (χ3n) is 3.43. The first kappa shape index (κ1) is 15.8. The summed E-state index contributed by atoms with van der Waals surface area (Å²) in [6.45, 7) is 6.00. The molecule has 1 aromatic carbocycles. The van der Waals surface area contributed by atoms with Crippen molar-refractivity contribution < 1.29 is 14.1 Å². The zero-order valence-corrected chi connectivity index (χ0v) is 13.7. The van der Waals surface area contributed by atoms with Gasteiger partial charge in [0.1, 0.15) is 11.5 Å². The second kappa shape index (κ2) is 6.57. The van der Waals surface area contributed by atoms with Crippen LogP contribution in [0.1, 0.15) is 27.4 Å². The average molecular weight is 326 g/mol. The predicted octanol–water partition coefficient (Wildman–Crippen LogP) is 3.09. The largest absolute Gasteiger partial charge is 0.471 e. The van der Waals surface area contributed by atoms with Gasteiger partial charge in [-0.1, -0.05) is 22.9 Å². The second-order valence-corrected chi connectivity index (χ2v) is 5.56. The molecule has 3 aromatic rings. The number of aromatic nitrogens is 3. The molecule has 0 aliphatic carbocycles. The predicted molar refractivity (Wildman–Crippen MR) is 88.0 cm³/mol. The first-order chi connectivity index (χ1) is 11.5. The van der Waals surface area contributed by atoms with Gasteiger partial charge in [0.25, 0.3) is 5.91 Å². The molecule has 0 saturated heterocycles. The Hall–Kier alpha value is -3.09. The van der Waals surface area contributed by atoms with Crippen LogP contribution < -0.4 is 10.1 Å². The average Bonchev–Trinajstić information content (AvgIpc) is 3.15. The molecule has 0 bridgehead atoms. The van der Waals surface area contributed by atoms with E-state index in [9.17, 15) is 4.79 Å². The van der Waals surface area contributed by atoms with Crippen molar-refractivity contribution in [1.82, 2.24) is 14.9 Å². The lowest BCUT2D eigenvalue weighted by Crippen LogP contribution is -2.14. The summed E-state index contributed by atoms with van der Waals surface area (Å²) in [7, 11) is 0. The Labute approximate surface area is 139 Å². The van der Waals surface area contributed by atoms with Crippen molar-refractivity contribution in [1.29, 1.82) is 0 Å². The first-order valence-electron chi connectivity index (χ1n) is 7.49. The quantitative estimate of drug-likeness (QED) is 0.779. The lowest BCUT2D eigenvalue weighted by atomic mass is 10.1. The number of nitrogens with one attached hydrogen (secondary N) is 1. The van der Waals surface area contributed by atoms with Gasteiger partial charge in [0, 0.05) is 12.3 Å². The van der Waals surface area contributed by atoms with Gasteiger partial charge >= 0.3 is 0 Å². The number of hydrogen-bond donors (Lipinski definition) is 1. The van der Waals surface area contributed by atoms with Gasteiger partial charge in [-0.3, -0.25) is 4.79 Å². The van der Waals surface area contributed by atoms with E-state index >= 15 is 0 Å². The minimum absolute atomic E-state index is 0.222. The van der Waals surface area contributed by atoms with Gasteiger partial charge in [0.05, 0.1) is 0 Å². The summed E-state index contributed by atoms with van der Waals surface area (Å²) in [5, 5.41) is 10.5. The Morgan fingerprint density at radius 2 is 2.08 bits per heavy atom. The minimum Gasteiger partial charge on any atom is -0.471 e. The highest BCUT2D eigenvalue weighted by Gasteiger charge is 2.12. The number of rotatable bonds is 5. The lowest BCUT2D eigenvalue weighted by molar-refractivity contribution is 0.101. The highest BCUT2D eigenvalue weighted by atomic mass is 16.5. The standard InChI is InChI=1S/C17H18N4O3/c1-11-4-5-15(12(2)8-11)23-10-21-7-6-14(19-21)17(22)18-16-9-13(3)24-20-16/h4-9H,10H2,1-3H3,(H,18,20,22). The molecule has 0 atom stereocenters. The van der Waals surface area contributed by atoms with Gasteiger partial charge in [0.15, 0.2) is 18.2 Å². The summed E-state index contributed by atoms with van der Waals surface area (Å²) in [6, 6.07) is 9.22. The molecule has 0 aliphatic heterocycles. The Morgan fingerprint density at radius 3 is 2.79 bits per heavy atom. The van der Waals surface area contributed by atoms with Crippen LogP contribution in [-0.4, -0.2) is 20.8 Å². The van der Waals surface area contributed by atoms with Crippen LogP contribution in [0.3, 0.4) is 0 Å².